The Bertz CT molecular complexity index is 2330. The maximum atomic E-state index is 13.3. The number of aromatic nitrogens is 4. The Morgan fingerprint density at radius 3 is 1.49 bits per heavy atom. The fourth-order valence-corrected chi connectivity index (χ4v) is 9.37. The molecule has 8 rings (SSSR count). The largest absolute Gasteiger partial charge is 1.00 e. The summed E-state index contributed by atoms with van der Waals surface area (Å²) < 4.78 is 64.7. The van der Waals surface area contributed by atoms with Gasteiger partial charge in [0.05, 0.1) is 0 Å². The van der Waals surface area contributed by atoms with Crippen LogP contribution in [0.1, 0.15) is 103 Å². The highest BCUT2D eigenvalue weighted by Gasteiger charge is 2.37. The lowest BCUT2D eigenvalue weighted by Crippen LogP contribution is -3.00. The lowest BCUT2D eigenvalue weighted by Gasteiger charge is -2.32. The molecule has 380 valence electrons. The molecule has 2 aromatic carbocycles. The summed E-state index contributed by atoms with van der Waals surface area (Å²) in [5.41, 5.74) is 6.56. The molecule has 4 fully saturated rings. The first-order valence-electron chi connectivity index (χ1n) is 23.3. The van der Waals surface area contributed by atoms with Crippen LogP contribution in [0.5, 0.6) is 0 Å². The van der Waals surface area contributed by atoms with E-state index in [0.717, 1.165) is 0 Å². The van der Waals surface area contributed by atoms with Crippen molar-refractivity contribution >= 4 is 39.6 Å². The smallest absolute Gasteiger partial charge is 0.330 e. The average molecular weight is 1000 g/mol. The minimum atomic E-state index is -2.56. The number of nitrogens with one attached hydrogen (secondary N) is 3. The highest BCUT2D eigenvalue weighted by atomic mass is 35.5. The van der Waals surface area contributed by atoms with Crippen LogP contribution in [-0.4, -0.2) is 97.6 Å². The molecular formula is C48H69Cl2F4N8O6-. The summed E-state index contributed by atoms with van der Waals surface area (Å²) in [6.07, 6.45) is 4.54. The molecule has 0 bridgehead atoms. The van der Waals surface area contributed by atoms with Crippen LogP contribution in [0.3, 0.4) is 0 Å². The van der Waals surface area contributed by atoms with Crippen molar-refractivity contribution in [1.29, 1.82) is 0 Å². The molecule has 5 N–H and O–H groups in total. The number of hydrogen-bond donors (Lipinski definition) is 4. The Labute approximate surface area is 406 Å². The SMILES string of the molecule is CN(C)c1cccc2cccc(N(C)C)c12.C[C@H](N)C1CCC(F)(F)CC1.C[C@H](Nc1cc(=O)n(C2CCOCC2)c(=O)[nH]1)C1CCC(F)(F)CC1.O=c1cc(Cl)[nH]c(=O)n1C1CCOCC1.[Cl-]. The van der Waals surface area contributed by atoms with Gasteiger partial charge in [0.1, 0.15) is 11.0 Å². The van der Waals surface area contributed by atoms with Crippen LogP contribution >= 0.6 is 11.6 Å². The van der Waals surface area contributed by atoms with Gasteiger partial charge in [-0.1, -0.05) is 35.9 Å². The van der Waals surface area contributed by atoms with Gasteiger partial charge in [-0.05, 0) is 94.6 Å². The predicted octanol–water partition coefficient (Wildman–Crippen LogP) is 5.19. The molecule has 14 nitrogen and oxygen atoms in total. The van der Waals surface area contributed by atoms with Crippen LogP contribution in [-0.2, 0) is 9.47 Å². The van der Waals surface area contributed by atoms with E-state index in [1.54, 1.807) is 0 Å². The summed E-state index contributed by atoms with van der Waals surface area (Å²) in [6, 6.07) is 15.2. The third kappa shape index (κ3) is 15.8. The Balaban J connectivity index is 0.000000206. The van der Waals surface area contributed by atoms with Crippen molar-refractivity contribution in [2.45, 2.75) is 127 Å². The van der Waals surface area contributed by atoms with Gasteiger partial charge in [-0.3, -0.25) is 28.7 Å². The fourth-order valence-electron chi connectivity index (χ4n) is 9.20. The number of fused-ring (bicyclic) bond motifs is 1. The monoisotopic (exact) mass is 999 g/mol. The normalized spacial score (nSPS) is 19.6. The number of alkyl halides is 4. The average Bonchev–Trinajstić information content (AvgIpc) is 3.26. The van der Waals surface area contributed by atoms with Gasteiger partial charge in [0, 0.05) is 133 Å². The van der Waals surface area contributed by atoms with Gasteiger partial charge in [-0.15, -0.1) is 0 Å². The molecule has 2 atom stereocenters. The molecule has 4 heterocycles. The molecule has 0 unspecified atom stereocenters. The molecule has 0 amide bonds. The molecule has 0 spiro atoms. The summed E-state index contributed by atoms with van der Waals surface area (Å²) in [7, 11) is 8.34. The van der Waals surface area contributed by atoms with Crippen molar-refractivity contribution < 1.29 is 39.4 Å². The van der Waals surface area contributed by atoms with E-state index in [-0.39, 0.29) is 84.4 Å². The molecule has 2 saturated heterocycles. The summed E-state index contributed by atoms with van der Waals surface area (Å²) in [6.45, 7) is 6.04. The van der Waals surface area contributed by atoms with Crippen LogP contribution in [0, 0.1) is 11.8 Å². The number of nitrogens with zero attached hydrogens (tertiary/aromatic N) is 4. The zero-order valence-corrected chi connectivity index (χ0v) is 41.5. The molecule has 4 aromatic rings. The second kappa shape index (κ2) is 25.5. The number of anilines is 3. The minimum Gasteiger partial charge on any atom is -1.00 e. The number of aromatic amines is 2. The maximum Gasteiger partial charge on any atom is 0.330 e. The topological polar surface area (TPSA) is 173 Å². The van der Waals surface area contributed by atoms with E-state index in [1.165, 1.54) is 43.4 Å². The molecular weight excluding hydrogens is 931 g/mol. The maximum absolute atomic E-state index is 13.3. The number of halogens is 6. The van der Waals surface area contributed by atoms with Gasteiger partial charge < -0.3 is 42.7 Å². The quantitative estimate of drug-likeness (QED) is 0.136. The number of rotatable bonds is 8. The number of nitrogens with two attached hydrogens (primary N) is 1. The standard InChI is InChI=1S/C17H25F2N3O3.C14H18N2.C9H11ClN2O3.C8H15F2N.ClH/c1-11(12-2-6-17(18,19)7-3-12)20-14-10-15(23)22(16(24)21-14)13-4-8-25-9-5-13;1-15(2)12-9-5-7-11-8-6-10-13(14(11)12)16(3)4;10-7-5-8(13)12(9(14)11-7)6-1-3-15-4-2-6;1-6(11)7-2-4-8(9,10)5-3-7;/h10-13,20H,2-9H2,1H3,(H,21,24);5-10H,1-4H3;5-6H,1-4H2,(H,11,14);6-7H,2-5,11H2,1H3;1H/p-1/t11-;;;6-;/m0..0./s1. The zero-order chi connectivity index (χ0) is 49.1. The van der Waals surface area contributed by atoms with E-state index in [1.807, 2.05) is 13.8 Å². The summed E-state index contributed by atoms with van der Waals surface area (Å²) >= 11 is 5.57. The van der Waals surface area contributed by atoms with Gasteiger partial charge in [-0.25, -0.2) is 27.2 Å². The highest BCUT2D eigenvalue weighted by Crippen LogP contribution is 2.39. The Hall–Kier alpha value is -4.36. The van der Waals surface area contributed by atoms with Crippen LogP contribution < -0.4 is 55.8 Å². The van der Waals surface area contributed by atoms with Gasteiger partial charge in [-0.2, -0.15) is 0 Å². The van der Waals surface area contributed by atoms with Crippen LogP contribution in [0.25, 0.3) is 10.8 Å². The number of ether oxygens (including phenoxy) is 2. The van der Waals surface area contributed by atoms with Crippen molar-refractivity contribution in [3.63, 3.8) is 0 Å². The molecule has 2 aliphatic heterocycles. The Morgan fingerprint density at radius 2 is 1.09 bits per heavy atom. The van der Waals surface area contributed by atoms with E-state index in [4.69, 9.17) is 26.8 Å². The van der Waals surface area contributed by atoms with Crippen molar-refractivity contribution in [2.24, 2.45) is 17.6 Å². The van der Waals surface area contributed by atoms with Crippen molar-refractivity contribution in [3.8, 4) is 0 Å². The van der Waals surface area contributed by atoms with Crippen molar-refractivity contribution in [3.05, 3.63) is 95.4 Å². The molecule has 4 aliphatic rings. The molecule has 2 aliphatic carbocycles. The molecule has 68 heavy (non-hydrogen) atoms. The van der Waals surface area contributed by atoms with Crippen LogP contribution in [0.15, 0.2) is 67.7 Å². The third-order valence-corrected chi connectivity index (χ3v) is 13.4. The van der Waals surface area contributed by atoms with E-state index < -0.39 is 23.2 Å². The number of benzene rings is 2. The van der Waals surface area contributed by atoms with E-state index >= 15 is 0 Å². The summed E-state index contributed by atoms with van der Waals surface area (Å²) in [5.74, 6) is -4.21. The molecule has 2 aromatic heterocycles. The van der Waals surface area contributed by atoms with Gasteiger partial charge in [0.25, 0.3) is 11.1 Å². The lowest BCUT2D eigenvalue weighted by molar-refractivity contribution is -0.0479. The van der Waals surface area contributed by atoms with E-state index in [2.05, 4.69) is 89.7 Å². The van der Waals surface area contributed by atoms with E-state index in [0.29, 0.717) is 89.5 Å². The number of H-pyrrole nitrogens is 2. The highest BCUT2D eigenvalue weighted by molar-refractivity contribution is 6.29. The number of hydrogen-bond acceptors (Lipinski definition) is 10. The van der Waals surface area contributed by atoms with Crippen molar-refractivity contribution in [2.75, 3.05) is 69.7 Å². The second-order valence-electron chi connectivity index (χ2n) is 18.6. The summed E-state index contributed by atoms with van der Waals surface area (Å²) in [4.78, 5) is 57.3. The van der Waals surface area contributed by atoms with Crippen molar-refractivity contribution in [1.82, 2.24) is 19.1 Å². The Kier molecular flexibility index (Phi) is 21.1. The van der Waals surface area contributed by atoms with Gasteiger partial charge in [0.2, 0.25) is 11.8 Å². The van der Waals surface area contributed by atoms with Gasteiger partial charge in [0.15, 0.2) is 0 Å². The molecule has 20 heteroatoms. The zero-order valence-electron chi connectivity index (χ0n) is 40.0. The second-order valence-corrected chi connectivity index (χ2v) is 19.0. The summed E-state index contributed by atoms with van der Waals surface area (Å²) in [5, 5.41) is 5.80. The van der Waals surface area contributed by atoms with Crippen LogP contribution in [0.2, 0.25) is 5.15 Å². The predicted molar refractivity (Wildman–Crippen MR) is 259 cm³/mol. The molecule has 2 saturated carbocycles. The van der Waals surface area contributed by atoms with E-state index in [9.17, 15) is 36.7 Å². The third-order valence-electron chi connectivity index (χ3n) is 13.2. The lowest BCUT2D eigenvalue weighted by atomic mass is 9.82. The van der Waals surface area contributed by atoms with Crippen LogP contribution in [0.4, 0.5) is 34.8 Å². The minimum absolute atomic E-state index is 0. The molecule has 0 radical (unpaired) electrons. The first-order chi connectivity index (χ1) is 31.7. The Morgan fingerprint density at radius 1 is 0.676 bits per heavy atom. The van der Waals surface area contributed by atoms with Gasteiger partial charge >= 0.3 is 11.4 Å². The first kappa shape index (κ1) is 56.2. The fraction of sp³-hybridized carbons (Fsp3) is 0.625. The first-order valence-corrected chi connectivity index (χ1v) is 23.7.